The van der Waals surface area contributed by atoms with Crippen molar-refractivity contribution in [2.45, 2.75) is 13.8 Å². The first-order chi connectivity index (χ1) is 8.81. The lowest BCUT2D eigenvalue weighted by Crippen LogP contribution is -2.32. The molecule has 1 rings (SSSR count). The van der Waals surface area contributed by atoms with Gasteiger partial charge in [0.15, 0.2) is 0 Å². The summed E-state index contributed by atoms with van der Waals surface area (Å²) in [5, 5.41) is 5.53. The molecule has 0 bridgehead atoms. The van der Waals surface area contributed by atoms with Gasteiger partial charge in [-0.05, 0) is 32.0 Å². The van der Waals surface area contributed by atoms with Gasteiger partial charge in [0, 0.05) is 18.6 Å². The zero-order valence-corrected chi connectivity index (χ0v) is 12.5. The highest BCUT2D eigenvalue weighted by atomic mass is 35.5. The molecule has 4 nitrogen and oxygen atoms in total. The Balaban J connectivity index is 2.98. The summed E-state index contributed by atoms with van der Waals surface area (Å²) in [6, 6.07) is 4.73. The van der Waals surface area contributed by atoms with E-state index in [0.29, 0.717) is 16.3 Å². The Hall–Kier alpha value is -1.26. The summed E-state index contributed by atoms with van der Waals surface area (Å²) in [4.78, 5) is 23.6. The molecule has 0 unspecified atom stereocenters. The van der Waals surface area contributed by atoms with E-state index in [2.05, 4.69) is 10.6 Å². The summed E-state index contributed by atoms with van der Waals surface area (Å²) in [7, 11) is 1.51. The van der Waals surface area contributed by atoms with Gasteiger partial charge in [0.25, 0.3) is 5.91 Å². The van der Waals surface area contributed by atoms with Crippen molar-refractivity contribution >= 4 is 40.7 Å². The second-order valence-corrected chi connectivity index (χ2v) is 5.42. The summed E-state index contributed by atoms with van der Waals surface area (Å²) in [5.74, 6) is -0.320. The molecule has 0 aliphatic carbocycles. The van der Waals surface area contributed by atoms with Crippen molar-refractivity contribution in [3.63, 3.8) is 0 Å². The lowest BCUT2D eigenvalue weighted by molar-refractivity contribution is -0.122. The Morgan fingerprint density at radius 3 is 2.47 bits per heavy atom. The average Bonchev–Trinajstić information content (AvgIpc) is 2.39. The van der Waals surface area contributed by atoms with Crippen LogP contribution in [0.1, 0.15) is 24.2 Å². The Kier molecular flexibility index (Phi) is 5.20. The molecule has 0 heterocycles. The van der Waals surface area contributed by atoms with Crippen molar-refractivity contribution in [1.29, 1.82) is 0 Å². The van der Waals surface area contributed by atoms with Crippen LogP contribution in [0.5, 0.6) is 0 Å². The van der Waals surface area contributed by atoms with Gasteiger partial charge < -0.3 is 10.6 Å². The normalized spacial score (nSPS) is 11.0. The van der Waals surface area contributed by atoms with Crippen molar-refractivity contribution in [3.8, 4) is 0 Å². The molecule has 19 heavy (non-hydrogen) atoms. The van der Waals surface area contributed by atoms with E-state index in [1.165, 1.54) is 13.1 Å². The first-order valence-corrected chi connectivity index (χ1v) is 6.62. The van der Waals surface area contributed by atoms with Crippen LogP contribution in [0.2, 0.25) is 5.02 Å². The van der Waals surface area contributed by atoms with Gasteiger partial charge in [0.05, 0.1) is 16.0 Å². The molecular weight excluding hydrogens is 287 g/mol. The zero-order valence-electron chi connectivity index (χ0n) is 11.0. The number of amides is 2. The van der Waals surface area contributed by atoms with Crippen molar-refractivity contribution in [2.24, 2.45) is 5.41 Å². The van der Waals surface area contributed by atoms with Crippen LogP contribution in [0.15, 0.2) is 18.2 Å². The highest BCUT2D eigenvalue weighted by Crippen LogP contribution is 2.23. The predicted molar refractivity (Wildman–Crippen MR) is 78.0 cm³/mol. The van der Waals surface area contributed by atoms with E-state index >= 15 is 0 Å². The summed E-state index contributed by atoms with van der Waals surface area (Å²) in [5.41, 5.74) is 0.130. The maximum Gasteiger partial charge on any atom is 0.252 e. The molecule has 6 heteroatoms. The van der Waals surface area contributed by atoms with E-state index in [0.717, 1.165) is 0 Å². The molecule has 0 aliphatic heterocycles. The van der Waals surface area contributed by atoms with Gasteiger partial charge in [-0.2, -0.15) is 0 Å². The highest BCUT2D eigenvalue weighted by molar-refractivity contribution is 6.34. The second-order valence-electron chi connectivity index (χ2n) is 4.75. The van der Waals surface area contributed by atoms with Gasteiger partial charge in [0.1, 0.15) is 0 Å². The number of anilines is 1. The number of carbonyl (C=O) groups is 2. The molecule has 0 aliphatic rings. The Labute approximate surface area is 122 Å². The maximum atomic E-state index is 12.0. The van der Waals surface area contributed by atoms with E-state index in [-0.39, 0.29) is 17.7 Å². The van der Waals surface area contributed by atoms with E-state index in [9.17, 15) is 9.59 Å². The van der Waals surface area contributed by atoms with Crippen LogP contribution in [0.25, 0.3) is 0 Å². The molecule has 0 aromatic heterocycles. The molecule has 0 atom stereocenters. The number of halogens is 2. The average molecular weight is 303 g/mol. The smallest absolute Gasteiger partial charge is 0.252 e. The third-order valence-electron chi connectivity index (χ3n) is 2.64. The third-order valence-corrected chi connectivity index (χ3v) is 3.64. The highest BCUT2D eigenvalue weighted by Gasteiger charge is 2.26. The van der Waals surface area contributed by atoms with E-state index in [4.69, 9.17) is 23.2 Å². The minimum atomic E-state index is -0.686. The van der Waals surface area contributed by atoms with Crippen molar-refractivity contribution < 1.29 is 9.59 Å². The summed E-state index contributed by atoms with van der Waals surface area (Å²) < 4.78 is 0. The number of alkyl halides is 1. The molecule has 0 fully saturated rings. The number of rotatable bonds is 4. The first kappa shape index (κ1) is 15.8. The fourth-order valence-electron chi connectivity index (χ4n) is 1.27. The summed E-state index contributed by atoms with van der Waals surface area (Å²) in [6.45, 7) is 3.48. The topological polar surface area (TPSA) is 58.2 Å². The number of nitrogens with one attached hydrogen (secondary N) is 2. The largest absolute Gasteiger partial charge is 0.355 e. The number of carbonyl (C=O) groups excluding carboxylic acids is 2. The van der Waals surface area contributed by atoms with Crippen molar-refractivity contribution in [3.05, 3.63) is 28.8 Å². The predicted octanol–water partition coefficient (Wildman–Crippen LogP) is 2.90. The number of hydrogen-bond donors (Lipinski definition) is 2. The molecule has 0 saturated heterocycles. The van der Waals surface area contributed by atoms with Crippen molar-refractivity contribution in [2.75, 3.05) is 18.2 Å². The van der Waals surface area contributed by atoms with Crippen LogP contribution in [0.4, 0.5) is 5.69 Å². The van der Waals surface area contributed by atoms with E-state index in [1.54, 1.807) is 26.0 Å². The van der Waals surface area contributed by atoms with Gasteiger partial charge in [-0.3, -0.25) is 9.59 Å². The molecule has 2 amide bonds. The van der Waals surface area contributed by atoms with Crippen LogP contribution in [-0.4, -0.2) is 24.7 Å². The standard InChI is InChI=1S/C13H16Cl2N2O2/c1-13(2,7-14)12(19)17-8-4-5-10(15)9(6-8)11(18)16-3/h4-6H,7H2,1-3H3,(H,16,18)(H,17,19). The van der Waals surface area contributed by atoms with Crippen LogP contribution in [-0.2, 0) is 4.79 Å². The molecule has 104 valence electrons. The fraction of sp³-hybridized carbons (Fsp3) is 0.385. The minimum absolute atomic E-state index is 0.203. The van der Waals surface area contributed by atoms with Crippen LogP contribution in [0.3, 0.4) is 0 Å². The molecule has 1 aromatic carbocycles. The molecule has 0 spiro atoms. The Morgan fingerprint density at radius 1 is 1.32 bits per heavy atom. The zero-order chi connectivity index (χ0) is 14.6. The number of hydrogen-bond acceptors (Lipinski definition) is 2. The molecule has 1 aromatic rings. The van der Waals surface area contributed by atoms with Crippen LogP contribution < -0.4 is 10.6 Å². The monoisotopic (exact) mass is 302 g/mol. The number of benzene rings is 1. The van der Waals surface area contributed by atoms with E-state index in [1.807, 2.05) is 0 Å². The second kappa shape index (κ2) is 6.26. The summed E-state index contributed by atoms with van der Waals surface area (Å²) in [6.07, 6.45) is 0. The summed E-state index contributed by atoms with van der Waals surface area (Å²) >= 11 is 11.7. The molecule has 0 saturated carbocycles. The van der Waals surface area contributed by atoms with Gasteiger partial charge >= 0.3 is 0 Å². The van der Waals surface area contributed by atoms with Gasteiger partial charge in [-0.25, -0.2) is 0 Å². The quantitative estimate of drug-likeness (QED) is 0.840. The SMILES string of the molecule is CNC(=O)c1cc(NC(=O)C(C)(C)CCl)ccc1Cl. The third kappa shape index (κ3) is 3.85. The molecular formula is C13H16Cl2N2O2. The maximum absolute atomic E-state index is 12.0. The Morgan fingerprint density at radius 2 is 1.95 bits per heavy atom. The molecule has 0 radical (unpaired) electrons. The Bertz CT molecular complexity index is 501. The fourth-order valence-corrected chi connectivity index (χ4v) is 1.60. The van der Waals surface area contributed by atoms with Gasteiger partial charge in [-0.15, -0.1) is 11.6 Å². The van der Waals surface area contributed by atoms with Crippen LogP contribution in [0, 0.1) is 5.41 Å². The lowest BCUT2D eigenvalue weighted by Gasteiger charge is -2.20. The van der Waals surface area contributed by atoms with Crippen LogP contribution >= 0.6 is 23.2 Å². The first-order valence-electron chi connectivity index (χ1n) is 5.71. The van der Waals surface area contributed by atoms with Gasteiger partial charge in [0.2, 0.25) is 5.91 Å². The van der Waals surface area contributed by atoms with E-state index < -0.39 is 5.41 Å². The van der Waals surface area contributed by atoms with Crippen molar-refractivity contribution in [1.82, 2.24) is 5.32 Å². The van der Waals surface area contributed by atoms with Gasteiger partial charge in [-0.1, -0.05) is 11.6 Å². The minimum Gasteiger partial charge on any atom is -0.355 e. The lowest BCUT2D eigenvalue weighted by atomic mass is 9.95. The molecule has 2 N–H and O–H groups in total.